The molecule has 1 aromatic carbocycles. The first-order valence-electron chi connectivity index (χ1n) is 6.70. The summed E-state index contributed by atoms with van der Waals surface area (Å²) in [5.41, 5.74) is 5.29. The first-order valence-corrected chi connectivity index (χ1v) is 7.51. The summed E-state index contributed by atoms with van der Waals surface area (Å²) in [4.78, 5) is 4.36. The summed E-state index contributed by atoms with van der Waals surface area (Å²) >= 11 is 0.849. The monoisotopic (exact) mass is 349 g/mol. The summed E-state index contributed by atoms with van der Waals surface area (Å²) in [5, 5.41) is 8.79. The number of nitrogens with zero attached hydrogens (tertiary/aromatic N) is 2. The third-order valence-corrected chi connectivity index (χ3v) is 4.50. The Morgan fingerprint density at radius 2 is 1.92 bits per heavy atom. The normalized spacial score (nSPS) is 11.5. The van der Waals surface area contributed by atoms with E-state index in [4.69, 9.17) is 15.7 Å². The summed E-state index contributed by atoms with van der Waals surface area (Å²) < 4.78 is 45.4. The predicted molar refractivity (Wildman–Crippen MR) is 85.7 cm³/mol. The van der Waals surface area contributed by atoms with Crippen LogP contribution in [0, 0.1) is 11.3 Å². The Bertz CT molecular complexity index is 956. The second-order valence-corrected chi connectivity index (χ2v) is 5.92. The summed E-state index contributed by atoms with van der Waals surface area (Å²) in [7, 11) is 1.50. The molecular formula is C16H10F3N3OS. The molecule has 3 aromatic rings. The van der Waals surface area contributed by atoms with Gasteiger partial charge in [-0.25, -0.2) is 4.98 Å². The van der Waals surface area contributed by atoms with Crippen molar-refractivity contribution in [1.29, 1.82) is 5.26 Å². The van der Waals surface area contributed by atoms with E-state index in [9.17, 15) is 13.2 Å². The highest BCUT2D eigenvalue weighted by Crippen LogP contribution is 2.43. The van der Waals surface area contributed by atoms with Crippen LogP contribution >= 0.6 is 11.3 Å². The van der Waals surface area contributed by atoms with Crippen molar-refractivity contribution in [2.24, 2.45) is 0 Å². The minimum atomic E-state index is -4.61. The van der Waals surface area contributed by atoms with Gasteiger partial charge in [-0.3, -0.25) is 0 Å². The van der Waals surface area contributed by atoms with Crippen molar-refractivity contribution in [3.8, 4) is 23.1 Å². The molecular weight excluding hydrogens is 339 g/mol. The Morgan fingerprint density at radius 1 is 1.25 bits per heavy atom. The smallest absolute Gasteiger partial charge is 0.417 e. The van der Waals surface area contributed by atoms with Gasteiger partial charge in [0, 0.05) is 10.9 Å². The van der Waals surface area contributed by atoms with E-state index in [1.807, 2.05) is 6.07 Å². The molecule has 3 rings (SSSR count). The number of fused-ring (bicyclic) bond motifs is 1. The van der Waals surface area contributed by atoms with Crippen LogP contribution in [-0.4, -0.2) is 12.1 Å². The van der Waals surface area contributed by atoms with Crippen LogP contribution in [0.3, 0.4) is 0 Å². The first-order chi connectivity index (χ1) is 11.3. The van der Waals surface area contributed by atoms with E-state index < -0.39 is 11.7 Å². The lowest BCUT2D eigenvalue weighted by Crippen LogP contribution is -2.07. The number of ether oxygens (including phenoxy) is 1. The Morgan fingerprint density at radius 3 is 2.46 bits per heavy atom. The van der Waals surface area contributed by atoms with Gasteiger partial charge in [0.2, 0.25) is 0 Å². The van der Waals surface area contributed by atoms with Gasteiger partial charge < -0.3 is 10.5 Å². The maximum atomic E-state index is 13.4. The lowest BCUT2D eigenvalue weighted by Gasteiger charge is -2.11. The fourth-order valence-electron chi connectivity index (χ4n) is 2.34. The molecule has 0 unspecified atom stereocenters. The highest BCUT2D eigenvalue weighted by atomic mass is 32.1. The molecule has 0 fully saturated rings. The molecule has 0 aliphatic carbocycles. The summed E-state index contributed by atoms with van der Waals surface area (Å²) in [6, 6.07) is 9.27. The molecule has 2 aromatic heterocycles. The maximum Gasteiger partial charge on any atom is 0.417 e. The lowest BCUT2D eigenvalue weighted by atomic mass is 10.1. The zero-order valence-electron chi connectivity index (χ0n) is 12.3. The van der Waals surface area contributed by atoms with Crippen LogP contribution in [0.2, 0.25) is 0 Å². The standard InChI is InChI=1S/C16H10F3N3OS/c1-23-9-4-2-8(3-5-9)11-6-10(16(17,18)19)13-14(21)12(7-20)24-15(13)22-11/h2-6H,21H2,1H3. The van der Waals surface area contributed by atoms with E-state index >= 15 is 0 Å². The molecule has 8 heteroatoms. The second kappa shape index (κ2) is 5.69. The van der Waals surface area contributed by atoms with Crippen LogP contribution in [0.25, 0.3) is 21.5 Å². The van der Waals surface area contributed by atoms with Gasteiger partial charge in [-0.1, -0.05) is 0 Å². The molecule has 0 amide bonds. The van der Waals surface area contributed by atoms with Crippen molar-refractivity contribution in [3.05, 3.63) is 40.8 Å². The molecule has 122 valence electrons. The third kappa shape index (κ3) is 2.63. The number of nitrogens with two attached hydrogens (primary N) is 1. The second-order valence-electron chi connectivity index (χ2n) is 4.92. The number of aromatic nitrogens is 1. The minimum absolute atomic E-state index is 0.0230. The number of anilines is 1. The van der Waals surface area contributed by atoms with Gasteiger partial charge >= 0.3 is 6.18 Å². The quantitative estimate of drug-likeness (QED) is 0.742. The van der Waals surface area contributed by atoms with Crippen LogP contribution in [0.15, 0.2) is 30.3 Å². The van der Waals surface area contributed by atoms with Crippen molar-refractivity contribution in [3.63, 3.8) is 0 Å². The molecule has 0 saturated heterocycles. The Labute approximate surface area is 138 Å². The number of halogens is 3. The molecule has 0 atom stereocenters. The lowest BCUT2D eigenvalue weighted by molar-refractivity contribution is -0.136. The zero-order chi connectivity index (χ0) is 17.5. The van der Waals surface area contributed by atoms with E-state index in [-0.39, 0.29) is 26.5 Å². The Balaban J connectivity index is 2.29. The number of nitriles is 1. The van der Waals surface area contributed by atoms with E-state index in [0.29, 0.717) is 11.3 Å². The number of nitrogen functional groups attached to an aromatic ring is 1. The van der Waals surface area contributed by atoms with Gasteiger partial charge in [0.25, 0.3) is 0 Å². The Kier molecular flexibility index (Phi) is 3.81. The topological polar surface area (TPSA) is 71.9 Å². The van der Waals surface area contributed by atoms with Gasteiger partial charge in [0.15, 0.2) is 0 Å². The number of hydrogen-bond donors (Lipinski definition) is 1. The van der Waals surface area contributed by atoms with Crippen LogP contribution in [0.4, 0.5) is 18.9 Å². The van der Waals surface area contributed by atoms with Crippen molar-refractivity contribution < 1.29 is 17.9 Å². The molecule has 0 aliphatic heterocycles. The van der Waals surface area contributed by atoms with Gasteiger partial charge in [-0.05, 0) is 30.3 Å². The fraction of sp³-hybridized carbons (Fsp3) is 0.125. The van der Waals surface area contributed by atoms with Crippen molar-refractivity contribution in [2.45, 2.75) is 6.18 Å². The highest BCUT2D eigenvalue weighted by molar-refractivity contribution is 7.19. The van der Waals surface area contributed by atoms with Gasteiger partial charge in [0.05, 0.1) is 24.1 Å². The van der Waals surface area contributed by atoms with Gasteiger partial charge in [-0.15, -0.1) is 11.3 Å². The average molecular weight is 349 g/mol. The highest BCUT2D eigenvalue weighted by Gasteiger charge is 2.35. The largest absolute Gasteiger partial charge is 0.497 e. The van der Waals surface area contributed by atoms with E-state index in [0.717, 1.165) is 17.4 Å². The fourth-order valence-corrected chi connectivity index (χ4v) is 3.25. The zero-order valence-corrected chi connectivity index (χ0v) is 13.1. The molecule has 4 nitrogen and oxygen atoms in total. The first kappa shape index (κ1) is 16.1. The number of alkyl halides is 3. The number of hydrogen-bond acceptors (Lipinski definition) is 5. The van der Waals surface area contributed by atoms with E-state index in [1.54, 1.807) is 24.3 Å². The number of rotatable bonds is 2. The van der Waals surface area contributed by atoms with Crippen LogP contribution in [0.1, 0.15) is 10.4 Å². The summed E-state index contributed by atoms with van der Waals surface area (Å²) in [6.45, 7) is 0. The van der Waals surface area contributed by atoms with Crippen LogP contribution < -0.4 is 10.5 Å². The SMILES string of the molecule is COc1ccc(-c2cc(C(F)(F)F)c3c(N)c(C#N)sc3n2)cc1. The predicted octanol–water partition coefficient (Wildman–Crippen LogP) is 4.44. The molecule has 0 aliphatic rings. The number of benzene rings is 1. The molecule has 0 bridgehead atoms. The van der Waals surface area contributed by atoms with Crippen LogP contribution in [-0.2, 0) is 6.18 Å². The average Bonchev–Trinajstić information content (AvgIpc) is 2.89. The van der Waals surface area contributed by atoms with Crippen molar-refractivity contribution in [2.75, 3.05) is 12.8 Å². The van der Waals surface area contributed by atoms with E-state index in [1.165, 1.54) is 7.11 Å². The van der Waals surface area contributed by atoms with E-state index in [2.05, 4.69) is 4.98 Å². The number of pyridine rings is 1. The third-order valence-electron chi connectivity index (χ3n) is 3.49. The van der Waals surface area contributed by atoms with Crippen molar-refractivity contribution in [1.82, 2.24) is 4.98 Å². The summed E-state index contributed by atoms with van der Waals surface area (Å²) in [5.74, 6) is 0.586. The van der Waals surface area contributed by atoms with Gasteiger partial charge in [0.1, 0.15) is 21.5 Å². The molecule has 0 saturated carbocycles. The van der Waals surface area contributed by atoms with Crippen molar-refractivity contribution >= 4 is 27.2 Å². The summed E-state index contributed by atoms with van der Waals surface area (Å²) in [6.07, 6.45) is -4.61. The Hall–Kier alpha value is -2.79. The van der Waals surface area contributed by atoms with Gasteiger partial charge in [-0.2, -0.15) is 18.4 Å². The molecule has 0 radical (unpaired) electrons. The molecule has 0 spiro atoms. The number of methoxy groups -OCH3 is 1. The maximum absolute atomic E-state index is 13.4. The number of thiophene rings is 1. The molecule has 24 heavy (non-hydrogen) atoms. The minimum Gasteiger partial charge on any atom is -0.497 e. The molecule has 2 heterocycles. The van der Waals surface area contributed by atoms with Crippen LogP contribution in [0.5, 0.6) is 5.75 Å². The molecule has 2 N–H and O–H groups in total.